The molecule has 5 rings (SSSR count). The maximum atomic E-state index is 13.3. The first-order chi connectivity index (χ1) is 14.6. The number of thiazole rings is 1. The third-order valence-electron chi connectivity index (χ3n) is 6.37. The fourth-order valence-electron chi connectivity index (χ4n) is 4.56. The van der Waals surface area contributed by atoms with Crippen molar-refractivity contribution in [2.45, 2.75) is 31.5 Å². The molecule has 0 atom stereocenters. The second kappa shape index (κ2) is 7.49. The number of hydrogen-bond donors (Lipinski definition) is 0. The fourth-order valence-corrected chi connectivity index (χ4v) is 5.57. The summed E-state index contributed by atoms with van der Waals surface area (Å²) in [5.41, 5.74) is 1.30. The van der Waals surface area contributed by atoms with Gasteiger partial charge in [-0.25, -0.2) is 9.78 Å². The highest BCUT2D eigenvalue weighted by atomic mass is 32.1. The minimum absolute atomic E-state index is 0.0570. The van der Waals surface area contributed by atoms with Crippen molar-refractivity contribution in [1.82, 2.24) is 19.7 Å². The highest BCUT2D eigenvalue weighted by Crippen LogP contribution is 2.37. The first-order valence-corrected chi connectivity index (χ1v) is 11.1. The van der Waals surface area contributed by atoms with E-state index in [2.05, 4.69) is 11.0 Å². The number of rotatable bonds is 4. The van der Waals surface area contributed by atoms with Crippen LogP contribution in [0.1, 0.15) is 23.4 Å². The standard InChI is InChI=1S/C23H24N4O2S/c1-25-22(29)27(15-17-7-3-2-4-8-17)21(28)23(25)11-13-26(14-12-23)16-20-24-18-9-5-6-10-19(18)30-20/h2-10H,11-16H2,1H3. The van der Waals surface area contributed by atoms with E-state index < -0.39 is 5.54 Å². The van der Waals surface area contributed by atoms with Gasteiger partial charge >= 0.3 is 6.03 Å². The van der Waals surface area contributed by atoms with Gasteiger partial charge in [-0.15, -0.1) is 11.3 Å². The second-order valence-electron chi connectivity index (χ2n) is 8.10. The van der Waals surface area contributed by atoms with Crippen molar-refractivity contribution in [3.8, 4) is 0 Å². The number of para-hydroxylation sites is 1. The van der Waals surface area contributed by atoms with Crippen LogP contribution in [0.3, 0.4) is 0 Å². The third-order valence-corrected chi connectivity index (χ3v) is 7.39. The molecule has 0 saturated carbocycles. The predicted octanol–water partition coefficient (Wildman–Crippen LogP) is 3.73. The number of likely N-dealkylation sites (N-methyl/N-ethyl adjacent to an activating group) is 1. The number of piperidine rings is 1. The Hall–Kier alpha value is -2.77. The summed E-state index contributed by atoms with van der Waals surface area (Å²) < 4.78 is 1.20. The molecule has 30 heavy (non-hydrogen) atoms. The molecule has 0 unspecified atom stereocenters. The van der Waals surface area contributed by atoms with E-state index in [4.69, 9.17) is 4.98 Å². The Balaban J connectivity index is 1.28. The van der Waals surface area contributed by atoms with Gasteiger partial charge in [-0.2, -0.15) is 0 Å². The molecule has 1 aromatic heterocycles. The van der Waals surface area contributed by atoms with Gasteiger partial charge in [0.15, 0.2) is 0 Å². The summed E-state index contributed by atoms with van der Waals surface area (Å²) >= 11 is 1.73. The van der Waals surface area contributed by atoms with Gasteiger partial charge in [-0.05, 0) is 30.5 Å². The van der Waals surface area contributed by atoms with Crippen LogP contribution in [0.5, 0.6) is 0 Å². The highest BCUT2D eigenvalue weighted by molar-refractivity contribution is 7.18. The minimum Gasteiger partial charge on any atom is -0.312 e. The van der Waals surface area contributed by atoms with Crippen molar-refractivity contribution in [1.29, 1.82) is 0 Å². The van der Waals surface area contributed by atoms with Crippen LogP contribution in [-0.2, 0) is 17.9 Å². The van der Waals surface area contributed by atoms with E-state index in [1.165, 1.54) is 9.60 Å². The summed E-state index contributed by atoms with van der Waals surface area (Å²) in [7, 11) is 1.77. The lowest BCUT2D eigenvalue weighted by molar-refractivity contribution is -0.135. The molecule has 0 N–H and O–H groups in total. The van der Waals surface area contributed by atoms with Crippen molar-refractivity contribution in [3.63, 3.8) is 0 Å². The predicted molar refractivity (Wildman–Crippen MR) is 117 cm³/mol. The zero-order valence-electron chi connectivity index (χ0n) is 17.0. The first kappa shape index (κ1) is 19.2. The number of urea groups is 1. The summed E-state index contributed by atoms with van der Waals surface area (Å²) in [6, 6.07) is 17.7. The maximum Gasteiger partial charge on any atom is 0.327 e. The van der Waals surface area contributed by atoms with Crippen LogP contribution in [0.2, 0.25) is 0 Å². The third kappa shape index (κ3) is 3.18. The Morgan fingerprint density at radius 2 is 1.67 bits per heavy atom. The lowest BCUT2D eigenvalue weighted by Gasteiger charge is -2.40. The van der Waals surface area contributed by atoms with Gasteiger partial charge in [0.25, 0.3) is 5.91 Å². The highest BCUT2D eigenvalue weighted by Gasteiger charge is 2.56. The van der Waals surface area contributed by atoms with Crippen LogP contribution in [0, 0.1) is 0 Å². The molecule has 7 heteroatoms. The van der Waals surface area contributed by atoms with E-state index >= 15 is 0 Å². The van der Waals surface area contributed by atoms with Crippen LogP contribution in [0.25, 0.3) is 10.2 Å². The lowest BCUT2D eigenvalue weighted by Crippen LogP contribution is -2.55. The average Bonchev–Trinajstić information content (AvgIpc) is 3.25. The number of amides is 3. The molecule has 2 fully saturated rings. The second-order valence-corrected chi connectivity index (χ2v) is 9.22. The largest absolute Gasteiger partial charge is 0.327 e. The topological polar surface area (TPSA) is 56.8 Å². The van der Waals surface area contributed by atoms with E-state index in [0.29, 0.717) is 19.4 Å². The zero-order chi connectivity index (χ0) is 20.7. The number of carbonyl (C=O) groups excluding carboxylic acids is 2. The minimum atomic E-state index is -0.712. The SMILES string of the molecule is CN1C(=O)N(Cc2ccccc2)C(=O)C12CCN(Cc1nc3ccccc3s1)CC2. The van der Waals surface area contributed by atoms with Crippen molar-refractivity contribution in [3.05, 3.63) is 65.2 Å². The Bertz CT molecular complexity index is 1060. The summed E-state index contributed by atoms with van der Waals surface area (Å²) in [5.74, 6) is -0.0570. The van der Waals surface area contributed by atoms with Crippen LogP contribution >= 0.6 is 11.3 Å². The molecule has 0 bridgehead atoms. The molecule has 6 nitrogen and oxygen atoms in total. The Morgan fingerprint density at radius 3 is 2.40 bits per heavy atom. The molecule has 1 spiro atoms. The molecule has 2 aliphatic rings. The molecule has 0 radical (unpaired) electrons. The van der Waals surface area contributed by atoms with Crippen molar-refractivity contribution in [2.75, 3.05) is 20.1 Å². The van der Waals surface area contributed by atoms with Gasteiger partial charge in [0, 0.05) is 20.1 Å². The number of likely N-dealkylation sites (tertiary alicyclic amines) is 1. The van der Waals surface area contributed by atoms with Crippen molar-refractivity contribution < 1.29 is 9.59 Å². The molecule has 154 valence electrons. The van der Waals surface area contributed by atoms with Crippen LogP contribution in [-0.4, -0.2) is 57.3 Å². The molecule has 2 aromatic carbocycles. The number of aromatic nitrogens is 1. The number of fused-ring (bicyclic) bond motifs is 1. The zero-order valence-corrected chi connectivity index (χ0v) is 17.8. The monoisotopic (exact) mass is 420 g/mol. The number of imide groups is 1. The van der Waals surface area contributed by atoms with E-state index in [1.807, 2.05) is 48.5 Å². The normalized spacial score (nSPS) is 19.4. The summed E-state index contributed by atoms with van der Waals surface area (Å²) in [4.78, 5) is 36.4. The molecular formula is C23H24N4O2S. The quantitative estimate of drug-likeness (QED) is 0.604. The van der Waals surface area contributed by atoms with E-state index in [0.717, 1.165) is 35.7 Å². The van der Waals surface area contributed by atoms with Crippen molar-refractivity contribution in [2.24, 2.45) is 0 Å². The number of carbonyl (C=O) groups is 2. The molecule has 3 aromatic rings. The lowest BCUT2D eigenvalue weighted by atomic mass is 9.86. The van der Waals surface area contributed by atoms with Gasteiger partial charge in [0.05, 0.1) is 23.3 Å². The Kier molecular flexibility index (Phi) is 4.79. The maximum absolute atomic E-state index is 13.3. The molecule has 3 heterocycles. The Morgan fingerprint density at radius 1 is 0.967 bits per heavy atom. The summed E-state index contributed by atoms with van der Waals surface area (Å²) in [5, 5.41) is 1.10. The molecular weight excluding hydrogens is 396 g/mol. The number of hydrogen-bond acceptors (Lipinski definition) is 5. The van der Waals surface area contributed by atoms with Gasteiger partial charge in [-0.3, -0.25) is 14.6 Å². The molecule has 2 saturated heterocycles. The van der Waals surface area contributed by atoms with Crippen molar-refractivity contribution >= 4 is 33.5 Å². The van der Waals surface area contributed by atoms with Gasteiger partial charge in [0.2, 0.25) is 0 Å². The first-order valence-electron chi connectivity index (χ1n) is 10.3. The Labute approximate surface area is 179 Å². The molecule has 0 aliphatic carbocycles. The van der Waals surface area contributed by atoms with E-state index in [1.54, 1.807) is 23.3 Å². The van der Waals surface area contributed by atoms with Crippen LogP contribution in [0.15, 0.2) is 54.6 Å². The van der Waals surface area contributed by atoms with Crippen LogP contribution in [0.4, 0.5) is 4.79 Å². The fraction of sp³-hybridized carbons (Fsp3) is 0.348. The van der Waals surface area contributed by atoms with Gasteiger partial charge in [0.1, 0.15) is 10.5 Å². The van der Waals surface area contributed by atoms with Gasteiger partial charge in [-0.1, -0.05) is 42.5 Å². The number of benzene rings is 2. The van der Waals surface area contributed by atoms with E-state index in [9.17, 15) is 9.59 Å². The van der Waals surface area contributed by atoms with E-state index in [-0.39, 0.29) is 11.9 Å². The number of nitrogens with zero attached hydrogens (tertiary/aromatic N) is 4. The smallest absolute Gasteiger partial charge is 0.312 e. The van der Waals surface area contributed by atoms with Gasteiger partial charge < -0.3 is 4.90 Å². The molecule has 2 aliphatic heterocycles. The summed E-state index contributed by atoms with van der Waals surface area (Å²) in [6.07, 6.45) is 1.31. The molecule has 3 amide bonds. The summed E-state index contributed by atoms with van der Waals surface area (Å²) in [6.45, 7) is 2.67. The van der Waals surface area contributed by atoms with Crippen LogP contribution < -0.4 is 0 Å². The average molecular weight is 421 g/mol.